The third-order valence-corrected chi connectivity index (χ3v) is 6.32. The van der Waals surface area contributed by atoms with Crippen LogP contribution < -0.4 is 11.1 Å². The van der Waals surface area contributed by atoms with E-state index in [2.05, 4.69) is 15.2 Å². The first kappa shape index (κ1) is 21.4. The monoisotopic (exact) mass is 473 g/mol. The predicted molar refractivity (Wildman–Crippen MR) is 105 cm³/mol. The molecule has 2 rings (SSSR count). The highest BCUT2D eigenvalue weighted by Crippen LogP contribution is 2.19. The highest BCUT2D eigenvalue weighted by Gasteiger charge is 2.28. The maximum atomic E-state index is 11.8. The van der Waals surface area contributed by atoms with Gasteiger partial charge in [-0.1, -0.05) is 0 Å². The number of aliphatic imine (C=N–C) groups is 1. The summed E-state index contributed by atoms with van der Waals surface area (Å²) in [6.45, 7) is 3.23. The van der Waals surface area contributed by atoms with Crippen molar-refractivity contribution in [1.29, 1.82) is 0 Å². The molecule has 8 nitrogen and oxygen atoms in total. The standard InChI is InChI=1S/C14H27N5O3S.HI/c1-16-14(17-5-8-19-7-3-9-23(19,21)22)18-6-2-4-12(11-18)10-13(15)20;/h12H,2-11H2,1H3,(H2,15,20)(H,16,17);1H. The third kappa shape index (κ3) is 6.03. The van der Waals surface area contributed by atoms with Crippen LogP contribution >= 0.6 is 24.0 Å². The Hall–Kier alpha value is -0.620. The highest BCUT2D eigenvalue weighted by atomic mass is 127. The van der Waals surface area contributed by atoms with E-state index in [1.807, 2.05) is 0 Å². The number of hydrogen-bond acceptors (Lipinski definition) is 4. The second-order valence-corrected chi connectivity index (χ2v) is 8.26. The summed E-state index contributed by atoms with van der Waals surface area (Å²) in [6.07, 6.45) is 3.11. The summed E-state index contributed by atoms with van der Waals surface area (Å²) in [5, 5.41) is 3.23. The maximum Gasteiger partial charge on any atom is 0.217 e. The molecule has 0 aromatic rings. The second kappa shape index (κ2) is 9.76. The number of sulfonamides is 1. The average molecular weight is 473 g/mol. The van der Waals surface area contributed by atoms with E-state index in [-0.39, 0.29) is 41.6 Å². The van der Waals surface area contributed by atoms with Gasteiger partial charge in [0.25, 0.3) is 0 Å². The number of nitrogens with zero attached hydrogens (tertiary/aromatic N) is 3. The Labute approximate surface area is 161 Å². The summed E-state index contributed by atoms with van der Waals surface area (Å²) in [4.78, 5) is 17.5. The molecule has 0 aromatic heterocycles. The number of primary amides is 1. The minimum Gasteiger partial charge on any atom is -0.370 e. The lowest BCUT2D eigenvalue weighted by atomic mass is 9.95. The number of guanidine groups is 1. The number of carbonyl (C=O) groups is 1. The van der Waals surface area contributed by atoms with Crippen molar-refractivity contribution >= 4 is 45.9 Å². The van der Waals surface area contributed by atoms with Gasteiger partial charge < -0.3 is 16.0 Å². The van der Waals surface area contributed by atoms with Gasteiger partial charge in [-0.2, -0.15) is 0 Å². The molecule has 0 aliphatic carbocycles. The number of likely N-dealkylation sites (tertiary alicyclic amines) is 1. The molecule has 10 heteroatoms. The van der Waals surface area contributed by atoms with E-state index in [0.29, 0.717) is 32.5 Å². The summed E-state index contributed by atoms with van der Waals surface area (Å²) in [5.74, 6) is 1.01. The number of carbonyl (C=O) groups excluding carboxylic acids is 1. The van der Waals surface area contributed by atoms with Crippen LogP contribution in [0.4, 0.5) is 0 Å². The molecule has 1 amide bonds. The third-order valence-electron chi connectivity index (χ3n) is 4.37. The molecule has 24 heavy (non-hydrogen) atoms. The van der Waals surface area contributed by atoms with Crippen LogP contribution in [0.2, 0.25) is 0 Å². The topological polar surface area (TPSA) is 108 Å². The minimum atomic E-state index is -3.05. The molecule has 2 fully saturated rings. The lowest BCUT2D eigenvalue weighted by Gasteiger charge is -2.34. The molecule has 3 N–H and O–H groups in total. The summed E-state index contributed by atoms with van der Waals surface area (Å²) in [5.41, 5.74) is 5.29. The first-order chi connectivity index (χ1) is 10.9. The lowest BCUT2D eigenvalue weighted by molar-refractivity contribution is -0.119. The van der Waals surface area contributed by atoms with Crippen molar-refractivity contribution in [2.24, 2.45) is 16.6 Å². The van der Waals surface area contributed by atoms with Crippen LogP contribution in [0.25, 0.3) is 0 Å². The summed E-state index contributed by atoms with van der Waals surface area (Å²) in [6, 6.07) is 0. The van der Waals surface area contributed by atoms with Gasteiger partial charge in [-0.25, -0.2) is 12.7 Å². The normalized spacial score (nSPS) is 24.5. The molecule has 1 unspecified atom stereocenters. The Bertz CT molecular complexity index is 555. The first-order valence-electron chi connectivity index (χ1n) is 8.14. The first-order valence-corrected chi connectivity index (χ1v) is 9.75. The zero-order valence-corrected chi connectivity index (χ0v) is 17.3. The molecule has 2 saturated heterocycles. The highest BCUT2D eigenvalue weighted by molar-refractivity contribution is 14.0. The van der Waals surface area contributed by atoms with Crippen molar-refractivity contribution in [2.45, 2.75) is 25.7 Å². The summed E-state index contributed by atoms with van der Waals surface area (Å²) >= 11 is 0. The van der Waals surface area contributed by atoms with Crippen LogP contribution in [0.1, 0.15) is 25.7 Å². The van der Waals surface area contributed by atoms with Crippen molar-refractivity contribution in [2.75, 3.05) is 45.5 Å². The van der Waals surface area contributed by atoms with Crippen molar-refractivity contribution < 1.29 is 13.2 Å². The number of nitrogens with two attached hydrogens (primary N) is 1. The van der Waals surface area contributed by atoms with Gasteiger partial charge in [0.05, 0.1) is 5.75 Å². The lowest BCUT2D eigenvalue weighted by Crippen LogP contribution is -2.48. The van der Waals surface area contributed by atoms with Crippen LogP contribution in [0.15, 0.2) is 4.99 Å². The molecule has 2 aliphatic rings. The van der Waals surface area contributed by atoms with E-state index in [0.717, 1.165) is 31.9 Å². The fourth-order valence-electron chi connectivity index (χ4n) is 3.28. The van der Waals surface area contributed by atoms with Crippen LogP contribution in [0.5, 0.6) is 0 Å². The van der Waals surface area contributed by atoms with E-state index < -0.39 is 10.0 Å². The van der Waals surface area contributed by atoms with Crippen molar-refractivity contribution in [3.05, 3.63) is 0 Å². The molecule has 2 heterocycles. The molecule has 140 valence electrons. The number of hydrogen-bond donors (Lipinski definition) is 2. The Morgan fingerprint density at radius 3 is 2.67 bits per heavy atom. The summed E-state index contributed by atoms with van der Waals surface area (Å²) in [7, 11) is -1.34. The van der Waals surface area contributed by atoms with Crippen LogP contribution in [0, 0.1) is 5.92 Å². The van der Waals surface area contributed by atoms with Gasteiger partial charge >= 0.3 is 0 Å². The quantitative estimate of drug-likeness (QED) is 0.327. The van der Waals surface area contributed by atoms with Gasteiger partial charge in [-0.05, 0) is 25.2 Å². The fraction of sp³-hybridized carbons (Fsp3) is 0.857. The zero-order chi connectivity index (χ0) is 16.9. The van der Waals surface area contributed by atoms with Gasteiger partial charge in [0.15, 0.2) is 5.96 Å². The average Bonchev–Trinajstić information content (AvgIpc) is 2.82. The van der Waals surface area contributed by atoms with Gasteiger partial charge in [0.1, 0.15) is 0 Å². The van der Waals surface area contributed by atoms with Crippen molar-refractivity contribution in [1.82, 2.24) is 14.5 Å². The molecular weight excluding hydrogens is 445 g/mol. The molecular formula is C14H28IN5O3S. The fourth-order valence-corrected chi connectivity index (χ4v) is 4.80. The Kier molecular flexibility index (Phi) is 8.71. The number of amides is 1. The van der Waals surface area contributed by atoms with Crippen LogP contribution in [-0.2, 0) is 14.8 Å². The number of halogens is 1. The molecule has 0 aromatic carbocycles. The Balaban J connectivity index is 0.00000288. The molecule has 0 bridgehead atoms. The number of piperidine rings is 1. The predicted octanol–water partition coefficient (Wildman–Crippen LogP) is -0.197. The van der Waals surface area contributed by atoms with E-state index in [1.54, 1.807) is 7.05 Å². The maximum absolute atomic E-state index is 11.8. The van der Waals surface area contributed by atoms with E-state index >= 15 is 0 Å². The van der Waals surface area contributed by atoms with Crippen molar-refractivity contribution in [3.8, 4) is 0 Å². The molecule has 1 atom stereocenters. The van der Waals surface area contributed by atoms with Gasteiger partial charge in [-0.3, -0.25) is 9.79 Å². The largest absolute Gasteiger partial charge is 0.370 e. The molecule has 2 aliphatic heterocycles. The zero-order valence-electron chi connectivity index (χ0n) is 14.1. The second-order valence-electron chi connectivity index (χ2n) is 6.17. The SMILES string of the molecule is CN=C(NCCN1CCCS1(=O)=O)N1CCCC(CC(N)=O)C1.I. The molecule has 0 saturated carbocycles. The Morgan fingerprint density at radius 1 is 1.33 bits per heavy atom. The minimum absolute atomic E-state index is 0. The molecule has 0 spiro atoms. The van der Waals surface area contributed by atoms with E-state index in [1.165, 1.54) is 4.31 Å². The van der Waals surface area contributed by atoms with Gasteiger partial charge in [0.2, 0.25) is 15.9 Å². The van der Waals surface area contributed by atoms with E-state index in [4.69, 9.17) is 5.73 Å². The number of rotatable bonds is 5. The van der Waals surface area contributed by atoms with Crippen LogP contribution in [-0.4, -0.2) is 75.0 Å². The van der Waals surface area contributed by atoms with Crippen molar-refractivity contribution in [3.63, 3.8) is 0 Å². The van der Waals surface area contributed by atoms with Gasteiger partial charge in [0, 0.05) is 46.2 Å². The smallest absolute Gasteiger partial charge is 0.217 e. The van der Waals surface area contributed by atoms with E-state index in [9.17, 15) is 13.2 Å². The summed E-state index contributed by atoms with van der Waals surface area (Å²) < 4.78 is 25.1. The van der Waals surface area contributed by atoms with Crippen LogP contribution in [0.3, 0.4) is 0 Å². The molecule has 0 radical (unpaired) electrons. The number of nitrogens with one attached hydrogen (secondary N) is 1. The Morgan fingerprint density at radius 2 is 2.08 bits per heavy atom. The van der Waals surface area contributed by atoms with Gasteiger partial charge in [-0.15, -0.1) is 24.0 Å².